The molecule has 1 N–H and O–H groups in total. The lowest BCUT2D eigenvalue weighted by Crippen LogP contribution is -2.31. The lowest BCUT2D eigenvalue weighted by atomic mass is 10.4. The van der Waals surface area contributed by atoms with E-state index < -0.39 is 0 Å². The Bertz CT molecular complexity index is 382. The Morgan fingerprint density at radius 1 is 1.44 bits per heavy atom. The van der Waals surface area contributed by atoms with Crippen LogP contribution in [-0.4, -0.2) is 17.7 Å². The third kappa shape index (κ3) is 4.64. The standard InChI is InChI=1S/C11H13Cl2NOS/c1-7(2)14-11(15)6-16-10-5-8(12)3-4-9(10)13/h3-5,7H,6H2,1-2H3,(H,14,15). The van der Waals surface area contributed by atoms with Gasteiger partial charge in [0.05, 0.1) is 10.8 Å². The fourth-order valence-corrected chi connectivity index (χ4v) is 2.40. The lowest BCUT2D eigenvalue weighted by Gasteiger charge is -2.08. The van der Waals surface area contributed by atoms with Crippen LogP contribution in [0.3, 0.4) is 0 Å². The highest BCUT2D eigenvalue weighted by Crippen LogP contribution is 2.29. The molecule has 0 atom stereocenters. The Balaban J connectivity index is 2.54. The minimum absolute atomic E-state index is 0.00366. The molecule has 0 aliphatic carbocycles. The summed E-state index contributed by atoms with van der Waals surface area (Å²) in [5.41, 5.74) is 0. The summed E-state index contributed by atoms with van der Waals surface area (Å²) in [7, 11) is 0. The molecule has 1 aromatic rings. The number of rotatable bonds is 4. The molecular weight excluding hydrogens is 265 g/mol. The van der Waals surface area contributed by atoms with Gasteiger partial charge < -0.3 is 5.32 Å². The molecule has 0 aliphatic heterocycles. The fourth-order valence-electron chi connectivity index (χ4n) is 1.09. The summed E-state index contributed by atoms with van der Waals surface area (Å²) >= 11 is 13.2. The summed E-state index contributed by atoms with van der Waals surface area (Å²) in [5.74, 6) is 0.342. The Hall–Kier alpha value is -0.380. The van der Waals surface area contributed by atoms with Crippen molar-refractivity contribution in [3.63, 3.8) is 0 Å². The SMILES string of the molecule is CC(C)NC(=O)CSc1cc(Cl)ccc1Cl. The maximum atomic E-state index is 11.4. The summed E-state index contributed by atoms with van der Waals surface area (Å²) in [6.45, 7) is 3.85. The number of thioether (sulfide) groups is 1. The zero-order chi connectivity index (χ0) is 12.1. The van der Waals surface area contributed by atoms with Crippen molar-refractivity contribution in [2.75, 3.05) is 5.75 Å². The molecule has 16 heavy (non-hydrogen) atoms. The third-order valence-corrected chi connectivity index (χ3v) is 3.43. The van der Waals surface area contributed by atoms with Gasteiger partial charge in [-0.1, -0.05) is 23.2 Å². The molecule has 1 rings (SSSR count). The largest absolute Gasteiger partial charge is 0.353 e. The molecule has 0 heterocycles. The van der Waals surface area contributed by atoms with E-state index in [9.17, 15) is 4.79 Å². The summed E-state index contributed by atoms with van der Waals surface area (Å²) in [6, 6.07) is 5.37. The van der Waals surface area contributed by atoms with Gasteiger partial charge in [-0.05, 0) is 32.0 Å². The third-order valence-electron chi connectivity index (χ3n) is 1.70. The van der Waals surface area contributed by atoms with Crippen molar-refractivity contribution in [2.24, 2.45) is 0 Å². The lowest BCUT2D eigenvalue weighted by molar-refractivity contribution is -0.119. The molecule has 2 nitrogen and oxygen atoms in total. The molecule has 88 valence electrons. The van der Waals surface area contributed by atoms with Crippen LogP contribution in [0.2, 0.25) is 10.0 Å². The zero-order valence-electron chi connectivity index (χ0n) is 9.09. The minimum Gasteiger partial charge on any atom is -0.353 e. The quantitative estimate of drug-likeness (QED) is 0.852. The van der Waals surface area contributed by atoms with E-state index in [2.05, 4.69) is 5.32 Å². The second-order valence-electron chi connectivity index (χ2n) is 3.59. The molecule has 0 aromatic heterocycles. The normalized spacial score (nSPS) is 10.6. The second-order valence-corrected chi connectivity index (χ2v) is 5.45. The van der Waals surface area contributed by atoms with Crippen LogP contribution in [0.25, 0.3) is 0 Å². The van der Waals surface area contributed by atoms with Crippen LogP contribution in [-0.2, 0) is 4.79 Å². The molecule has 5 heteroatoms. The molecule has 1 aromatic carbocycles. The molecule has 0 bridgehead atoms. The van der Waals surface area contributed by atoms with Gasteiger partial charge in [-0.15, -0.1) is 11.8 Å². The maximum absolute atomic E-state index is 11.4. The van der Waals surface area contributed by atoms with E-state index in [0.29, 0.717) is 15.8 Å². The summed E-state index contributed by atoms with van der Waals surface area (Å²) in [5, 5.41) is 4.05. The fraction of sp³-hybridized carbons (Fsp3) is 0.364. The van der Waals surface area contributed by atoms with E-state index in [1.165, 1.54) is 11.8 Å². The van der Waals surface area contributed by atoms with Crippen LogP contribution < -0.4 is 5.32 Å². The number of hydrogen-bond donors (Lipinski definition) is 1. The number of carbonyl (C=O) groups excluding carboxylic acids is 1. The topological polar surface area (TPSA) is 29.1 Å². The minimum atomic E-state index is -0.00366. The van der Waals surface area contributed by atoms with E-state index in [0.717, 1.165) is 4.90 Å². The number of halogens is 2. The van der Waals surface area contributed by atoms with Crippen LogP contribution in [0.5, 0.6) is 0 Å². The van der Waals surface area contributed by atoms with Gasteiger partial charge in [0.25, 0.3) is 0 Å². The molecule has 0 fully saturated rings. The first-order valence-corrected chi connectivity index (χ1v) is 6.60. The Morgan fingerprint density at radius 3 is 2.75 bits per heavy atom. The Kier molecular flexibility index (Phi) is 5.46. The van der Waals surface area contributed by atoms with Crippen molar-refractivity contribution in [2.45, 2.75) is 24.8 Å². The zero-order valence-corrected chi connectivity index (χ0v) is 11.4. The second kappa shape index (κ2) is 6.38. The van der Waals surface area contributed by atoms with Crippen LogP contribution in [0.1, 0.15) is 13.8 Å². The molecular formula is C11H13Cl2NOS. The van der Waals surface area contributed by atoms with Crippen molar-refractivity contribution in [3.8, 4) is 0 Å². The molecule has 0 aliphatic rings. The van der Waals surface area contributed by atoms with Crippen LogP contribution in [0.4, 0.5) is 0 Å². The van der Waals surface area contributed by atoms with Gasteiger partial charge in [0.2, 0.25) is 5.91 Å². The van der Waals surface area contributed by atoms with Crippen molar-refractivity contribution in [3.05, 3.63) is 28.2 Å². The average Bonchev–Trinajstić information content (AvgIpc) is 2.18. The van der Waals surface area contributed by atoms with Crippen LogP contribution in [0.15, 0.2) is 23.1 Å². The van der Waals surface area contributed by atoms with Gasteiger partial charge in [-0.2, -0.15) is 0 Å². The number of nitrogens with one attached hydrogen (secondary N) is 1. The molecule has 1 amide bonds. The van der Waals surface area contributed by atoms with Gasteiger partial charge in [-0.3, -0.25) is 4.79 Å². The summed E-state index contributed by atoms with van der Waals surface area (Å²) < 4.78 is 0. The van der Waals surface area contributed by atoms with Crippen molar-refractivity contribution in [1.82, 2.24) is 5.32 Å². The Labute approximate surface area is 110 Å². The monoisotopic (exact) mass is 277 g/mol. The highest BCUT2D eigenvalue weighted by molar-refractivity contribution is 8.00. The van der Waals surface area contributed by atoms with E-state index in [1.54, 1.807) is 18.2 Å². The molecule has 0 radical (unpaired) electrons. The Morgan fingerprint density at radius 2 is 2.12 bits per heavy atom. The number of carbonyl (C=O) groups is 1. The number of benzene rings is 1. The van der Waals surface area contributed by atoms with Gasteiger partial charge in [0, 0.05) is 16.0 Å². The first-order chi connectivity index (χ1) is 7.49. The van der Waals surface area contributed by atoms with Gasteiger partial charge in [0.1, 0.15) is 0 Å². The predicted molar refractivity (Wildman–Crippen MR) is 70.5 cm³/mol. The van der Waals surface area contributed by atoms with Crippen LogP contribution in [0, 0.1) is 0 Å². The van der Waals surface area contributed by atoms with Crippen molar-refractivity contribution >= 4 is 40.9 Å². The molecule has 0 unspecified atom stereocenters. The first kappa shape index (κ1) is 13.7. The molecule has 0 saturated heterocycles. The highest BCUT2D eigenvalue weighted by Gasteiger charge is 2.07. The van der Waals surface area contributed by atoms with Gasteiger partial charge in [0.15, 0.2) is 0 Å². The van der Waals surface area contributed by atoms with E-state index in [1.807, 2.05) is 13.8 Å². The molecule has 0 saturated carbocycles. The summed E-state index contributed by atoms with van der Waals surface area (Å²) in [4.78, 5) is 12.2. The maximum Gasteiger partial charge on any atom is 0.230 e. The van der Waals surface area contributed by atoms with E-state index in [4.69, 9.17) is 23.2 Å². The van der Waals surface area contributed by atoms with Crippen molar-refractivity contribution < 1.29 is 4.79 Å². The number of amides is 1. The predicted octanol–water partition coefficient (Wildman–Crippen LogP) is 3.61. The average molecular weight is 278 g/mol. The smallest absolute Gasteiger partial charge is 0.230 e. The molecule has 0 spiro atoms. The number of hydrogen-bond acceptors (Lipinski definition) is 2. The van der Waals surface area contributed by atoms with E-state index in [-0.39, 0.29) is 11.9 Å². The van der Waals surface area contributed by atoms with E-state index >= 15 is 0 Å². The first-order valence-electron chi connectivity index (χ1n) is 4.86. The van der Waals surface area contributed by atoms with Gasteiger partial charge >= 0.3 is 0 Å². The summed E-state index contributed by atoms with van der Waals surface area (Å²) in [6.07, 6.45) is 0. The van der Waals surface area contributed by atoms with Crippen LogP contribution >= 0.6 is 35.0 Å². The van der Waals surface area contributed by atoms with Gasteiger partial charge in [-0.25, -0.2) is 0 Å². The highest BCUT2D eigenvalue weighted by atomic mass is 35.5. The van der Waals surface area contributed by atoms with Crippen molar-refractivity contribution in [1.29, 1.82) is 0 Å².